The van der Waals surface area contributed by atoms with Crippen molar-refractivity contribution in [2.45, 2.75) is 19.3 Å². The summed E-state index contributed by atoms with van der Waals surface area (Å²) in [5.74, 6) is 0.444. The van der Waals surface area contributed by atoms with Crippen LogP contribution in [0.1, 0.15) is 19.3 Å². The van der Waals surface area contributed by atoms with Crippen LogP contribution in [0.4, 0.5) is 0 Å². The molecule has 0 amide bonds. The summed E-state index contributed by atoms with van der Waals surface area (Å²) in [7, 11) is 1.70. The molecule has 0 aromatic rings. The first-order chi connectivity index (χ1) is 7.72. The molecule has 0 aromatic heterocycles. The van der Waals surface area contributed by atoms with Gasteiger partial charge in [0.05, 0.1) is 13.0 Å². The van der Waals surface area contributed by atoms with Crippen LogP contribution in [0.15, 0.2) is 24.0 Å². The molecule has 4 nitrogen and oxygen atoms in total. The number of carboxylic acid groups (broad SMARTS) is 1. The fourth-order valence-corrected chi connectivity index (χ4v) is 1.49. The molecule has 0 radical (unpaired) electrons. The molecule has 0 bridgehead atoms. The summed E-state index contributed by atoms with van der Waals surface area (Å²) in [6.07, 6.45) is 7.98. The van der Waals surface area contributed by atoms with Crippen molar-refractivity contribution >= 4 is 5.97 Å². The largest absolute Gasteiger partial charge is 0.493 e. The van der Waals surface area contributed by atoms with Gasteiger partial charge in [-0.15, -0.1) is 0 Å². The van der Waals surface area contributed by atoms with E-state index in [0.717, 1.165) is 25.2 Å². The summed E-state index contributed by atoms with van der Waals surface area (Å²) in [5, 5.41) is 8.45. The first-order valence-corrected chi connectivity index (χ1v) is 5.44. The molecule has 1 rings (SSSR count). The van der Waals surface area contributed by atoms with Gasteiger partial charge in [-0.25, -0.2) is 0 Å². The first kappa shape index (κ1) is 12.8. The van der Waals surface area contributed by atoms with Crippen LogP contribution in [-0.4, -0.2) is 31.4 Å². The van der Waals surface area contributed by atoms with Crippen molar-refractivity contribution in [1.82, 2.24) is 0 Å². The molecule has 0 saturated carbocycles. The van der Waals surface area contributed by atoms with E-state index < -0.39 is 5.97 Å². The number of ether oxygens (including phenoxy) is 2. The van der Waals surface area contributed by atoms with Crippen molar-refractivity contribution in [3.05, 3.63) is 24.0 Å². The van der Waals surface area contributed by atoms with Crippen LogP contribution in [0.2, 0.25) is 0 Å². The van der Waals surface area contributed by atoms with Crippen LogP contribution in [0.25, 0.3) is 0 Å². The van der Waals surface area contributed by atoms with E-state index >= 15 is 0 Å². The number of hydrogen-bond acceptors (Lipinski definition) is 3. The molecule has 0 saturated heterocycles. The lowest BCUT2D eigenvalue weighted by atomic mass is 9.97. The fraction of sp³-hybridized carbons (Fsp3) is 0.583. The number of rotatable bonds is 7. The average molecular weight is 226 g/mol. The van der Waals surface area contributed by atoms with E-state index in [4.69, 9.17) is 14.6 Å². The van der Waals surface area contributed by atoms with Gasteiger partial charge in [0.15, 0.2) is 0 Å². The van der Waals surface area contributed by atoms with Crippen LogP contribution < -0.4 is 0 Å². The van der Waals surface area contributed by atoms with Gasteiger partial charge in [-0.2, -0.15) is 0 Å². The molecule has 0 aromatic carbocycles. The molecule has 90 valence electrons. The third-order valence-electron chi connectivity index (χ3n) is 2.43. The average Bonchev–Trinajstić information content (AvgIpc) is 2.27. The van der Waals surface area contributed by atoms with Crippen molar-refractivity contribution in [3.63, 3.8) is 0 Å². The first-order valence-electron chi connectivity index (χ1n) is 5.44. The van der Waals surface area contributed by atoms with Gasteiger partial charge in [-0.1, -0.05) is 6.08 Å². The molecule has 1 aliphatic carbocycles. The lowest BCUT2D eigenvalue weighted by molar-refractivity contribution is -0.137. The van der Waals surface area contributed by atoms with Gasteiger partial charge in [-0.05, 0) is 30.9 Å². The van der Waals surface area contributed by atoms with Crippen molar-refractivity contribution in [2.75, 3.05) is 20.3 Å². The second kappa shape index (κ2) is 7.06. The quantitative estimate of drug-likeness (QED) is 0.721. The molecular weight excluding hydrogens is 208 g/mol. The smallest absolute Gasteiger partial charge is 0.306 e. The molecule has 0 heterocycles. The second-order valence-electron chi connectivity index (χ2n) is 3.74. The Morgan fingerprint density at radius 1 is 1.56 bits per heavy atom. The highest BCUT2D eigenvalue weighted by atomic mass is 16.5. The molecule has 1 unspecified atom stereocenters. The molecule has 0 fully saturated rings. The van der Waals surface area contributed by atoms with E-state index in [2.05, 4.69) is 6.08 Å². The van der Waals surface area contributed by atoms with Crippen molar-refractivity contribution in [1.29, 1.82) is 0 Å². The molecule has 0 aliphatic heterocycles. The lowest BCUT2D eigenvalue weighted by Crippen LogP contribution is -2.06. The van der Waals surface area contributed by atoms with Gasteiger partial charge in [-0.3, -0.25) is 4.79 Å². The zero-order valence-corrected chi connectivity index (χ0v) is 9.52. The molecule has 1 N–H and O–H groups in total. The SMILES string of the molecule is COCCC1C=CC(OCCC(=O)O)=CC1. The highest BCUT2D eigenvalue weighted by Gasteiger charge is 2.09. The van der Waals surface area contributed by atoms with Crippen molar-refractivity contribution < 1.29 is 19.4 Å². The Bertz CT molecular complexity index is 281. The minimum atomic E-state index is -0.835. The zero-order chi connectivity index (χ0) is 11.8. The Kier molecular flexibility index (Phi) is 5.64. The maximum absolute atomic E-state index is 10.3. The molecule has 0 spiro atoms. The van der Waals surface area contributed by atoms with E-state index in [1.807, 2.05) is 12.2 Å². The summed E-state index contributed by atoms with van der Waals surface area (Å²) in [6, 6.07) is 0. The Balaban J connectivity index is 2.20. The summed E-state index contributed by atoms with van der Waals surface area (Å²) in [5.41, 5.74) is 0. The molecule has 4 heteroatoms. The van der Waals surface area contributed by atoms with Gasteiger partial charge in [0.25, 0.3) is 0 Å². The van der Waals surface area contributed by atoms with Gasteiger partial charge in [0.2, 0.25) is 0 Å². The van der Waals surface area contributed by atoms with Crippen LogP contribution in [0, 0.1) is 5.92 Å². The number of carboxylic acids is 1. The number of aliphatic carboxylic acids is 1. The normalized spacial score (nSPS) is 19.3. The van der Waals surface area contributed by atoms with Crippen LogP contribution >= 0.6 is 0 Å². The molecule has 1 atom stereocenters. The third-order valence-corrected chi connectivity index (χ3v) is 2.43. The van der Waals surface area contributed by atoms with E-state index in [1.54, 1.807) is 7.11 Å². The summed E-state index contributed by atoms with van der Waals surface area (Å²) in [4.78, 5) is 10.3. The van der Waals surface area contributed by atoms with E-state index in [-0.39, 0.29) is 13.0 Å². The highest BCUT2D eigenvalue weighted by molar-refractivity contribution is 5.66. The topological polar surface area (TPSA) is 55.8 Å². The molecule has 1 aliphatic rings. The van der Waals surface area contributed by atoms with E-state index in [9.17, 15) is 4.79 Å². The maximum Gasteiger partial charge on any atom is 0.306 e. The number of allylic oxidation sites excluding steroid dienone is 3. The van der Waals surface area contributed by atoms with E-state index in [1.165, 1.54) is 0 Å². The summed E-state index contributed by atoms with van der Waals surface area (Å²) in [6.45, 7) is 0.992. The number of hydrogen-bond donors (Lipinski definition) is 1. The van der Waals surface area contributed by atoms with Gasteiger partial charge >= 0.3 is 5.97 Å². The minimum Gasteiger partial charge on any atom is -0.493 e. The lowest BCUT2D eigenvalue weighted by Gasteiger charge is -2.15. The second-order valence-corrected chi connectivity index (χ2v) is 3.74. The molecular formula is C12H18O4. The Hall–Kier alpha value is -1.29. The van der Waals surface area contributed by atoms with Crippen LogP contribution in [0.3, 0.4) is 0 Å². The number of methoxy groups -OCH3 is 1. The fourth-order valence-electron chi connectivity index (χ4n) is 1.49. The Labute approximate surface area is 95.6 Å². The predicted molar refractivity (Wildman–Crippen MR) is 60.0 cm³/mol. The maximum atomic E-state index is 10.3. The zero-order valence-electron chi connectivity index (χ0n) is 9.52. The Morgan fingerprint density at radius 3 is 2.94 bits per heavy atom. The van der Waals surface area contributed by atoms with Gasteiger partial charge in [0.1, 0.15) is 5.76 Å². The van der Waals surface area contributed by atoms with Crippen LogP contribution in [0.5, 0.6) is 0 Å². The van der Waals surface area contributed by atoms with Crippen LogP contribution in [-0.2, 0) is 14.3 Å². The standard InChI is InChI=1S/C12H18O4/c1-15-8-6-10-2-4-11(5-3-10)16-9-7-12(13)14/h2,4-5,10H,3,6-9H2,1H3,(H,13,14). The third kappa shape index (κ3) is 4.98. The van der Waals surface area contributed by atoms with Crippen molar-refractivity contribution in [2.24, 2.45) is 5.92 Å². The van der Waals surface area contributed by atoms with E-state index in [0.29, 0.717) is 5.92 Å². The summed E-state index contributed by atoms with van der Waals surface area (Å²) >= 11 is 0. The minimum absolute atomic E-state index is 0.0400. The molecule has 16 heavy (non-hydrogen) atoms. The summed E-state index contributed by atoms with van der Waals surface area (Å²) < 4.78 is 10.3. The van der Waals surface area contributed by atoms with Gasteiger partial charge in [0, 0.05) is 13.7 Å². The number of carbonyl (C=O) groups is 1. The monoisotopic (exact) mass is 226 g/mol. The van der Waals surface area contributed by atoms with Gasteiger partial charge < -0.3 is 14.6 Å². The Morgan fingerprint density at radius 2 is 2.38 bits per heavy atom. The highest BCUT2D eigenvalue weighted by Crippen LogP contribution is 2.20. The predicted octanol–water partition coefficient (Wildman–Crippen LogP) is 1.97. The van der Waals surface area contributed by atoms with Crippen molar-refractivity contribution in [3.8, 4) is 0 Å².